The van der Waals surface area contributed by atoms with Crippen LogP contribution in [0.25, 0.3) is 0 Å². The van der Waals surface area contributed by atoms with E-state index < -0.39 is 0 Å². The summed E-state index contributed by atoms with van der Waals surface area (Å²) in [6.45, 7) is 15.2. The van der Waals surface area contributed by atoms with Crippen LogP contribution in [0.1, 0.15) is 61.3 Å². The second-order valence-electron chi connectivity index (χ2n) is 4.80. The van der Waals surface area contributed by atoms with E-state index in [1.54, 1.807) is 0 Å². The Bertz CT molecular complexity index is 142. The van der Waals surface area contributed by atoms with E-state index in [2.05, 4.69) is 39.8 Å². The van der Waals surface area contributed by atoms with Gasteiger partial charge in [-0.25, -0.2) is 0 Å². The van der Waals surface area contributed by atoms with Crippen LogP contribution < -0.4 is 0 Å². The van der Waals surface area contributed by atoms with Crippen molar-refractivity contribution in [2.45, 2.75) is 67.3 Å². The van der Waals surface area contributed by atoms with Crippen LogP contribution in [0.4, 0.5) is 0 Å². The molecule has 0 spiro atoms. The summed E-state index contributed by atoms with van der Waals surface area (Å²) in [5.41, 5.74) is 0. The van der Waals surface area contributed by atoms with Gasteiger partial charge < -0.3 is 4.90 Å². The van der Waals surface area contributed by atoms with E-state index in [9.17, 15) is 0 Å². The van der Waals surface area contributed by atoms with Crippen LogP contribution in [0, 0.1) is 17.8 Å². The largest absolute Gasteiger partial charge is 0.306 e. The number of nitrogens with zero attached hydrogens (tertiary/aromatic N) is 1. The molecule has 16 heavy (non-hydrogen) atoms. The average Bonchev–Trinajstić information content (AvgIpc) is 2.31. The molecule has 100 valence electrons. The summed E-state index contributed by atoms with van der Waals surface area (Å²) < 4.78 is 0. The first kappa shape index (κ1) is 18.3. The molecular formula is C15H35N. The van der Waals surface area contributed by atoms with Gasteiger partial charge in [0.25, 0.3) is 0 Å². The minimum absolute atomic E-state index is 0.816. The maximum Gasteiger partial charge on any atom is 0.0117 e. The average molecular weight is 229 g/mol. The molecule has 1 saturated carbocycles. The fourth-order valence-corrected chi connectivity index (χ4v) is 2.56. The van der Waals surface area contributed by atoms with Gasteiger partial charge in [-0.05, 0) is 44.7 Å². The van der Waals surface area contributed by atoms with Gasteiger partial charge in [0.05, 0.1) is 0 Å². The van der Waals surface area contributed by atoms with E-state index >= 15 is 0 Å². The Kier molecular flexibility index (Phi) is 11.6. The minimum atomic E-state index is 0.816. The Labute approximate surface area is 105 Å². The quantitative estimate of drug-likeness (QED) is 0.631. The van der Waals surface area contributed by atoms with Crippen LogP contribution in [0.15, 0.2) is 0 Å². The summed E-state index contributed by atoms with van der Waals surface area (Å²) in [6, 6.07) is 0.816. The molecule has 1 aliphatic carbocycles. The molecule has 1 aliphatic rings. The van der Waals surface area contributed by atoms with Gasteiger partial charge >= 0.3 is 0 Å². The first-order valence-corrected chi connectivity index (χ1v) is 7.20. The van der Waals surface area contributed by atoms with Crippen molar-refractivity contribution in [1.82, 2.24) is 4.90 Å². The zero-order valence-corrected chi connectivity index (χ0v) is 13.2. The highest BCUT2D eigenvalue weighted by atomic mass is 15.1. The lowest BCUT2D eigenvalue weighted by atomic mass is 9.71. The summed E-state index contributed by atoms with van der Waals surface area (Å²) in [5.74, 6) is 2.69. The highest BCUT2D eigenvalue weighted by molar-refractivity contribution is 4.85. The zero-order valence-electron chi connectivity index (χ0n) is 13.2. The third kappa shape index (κ3) is 5.34. The number of hydrogen-bond acceptors (Lipinski definition) is 1. The molecule has 0 heterocycles. The maximum absolute atomic E-state index is 2.41. The predicted molar refractivity (Wildman–Crippen MR) is 76.9 cm³/mol. The molecule has 0 aromatic rings. The van der Waals surface area contributed by atoms with E-state index in [1.165, 1.54) is 12.8 Å². The molecule has 4 atom stereocenters. The van der Waals surface area contributed by atoms with Gasteiger partial charge in [0.1, 0.15) is 0 Å². The van der Waals surface area contributed by atoms with Gasteiger partial charge in [-0.1, -0.05) is 48.5 Å². The normalized spacial score (nSPS) is 33.4. The first-order chi connectivity index (χ1) is 7.54. The van der Waals surface area contributed by atoms with Crippen LogP contribution >= 0.6 is 0 Å². The Balaban J connectivity index is 0. The van der Waals surface area contributed by atoms with Gasteiger partial charge in [-0.15, -0.1) is 0 Å². The van der Waals surface area contributed by atoms with E-state index in [0.717, 1.165) is 23.8 Å². The molecule has 0 aliphatic heterocycles. The fraction of sp³-hybridized carbons (Fsp3) is 1.00. The second-order valence-corrected chi connectivity index (χ2v) is 4.80. The number of hydrogen-bond donors (Lipinski definition) is 0. The molecule has 1 heteroatoms. The molecule has 0 aromatic heterocycles. The van der Waals surface area contributed by atoms with Crippen molar-refractivity contribution >= 4 is 0 Å². The smallest absolute Gasteiger partial charge is 0.0117 e. The van der Waals surface area contributed by atoms with Crippen LogP contribution in [0.5, 0.6) is 0 Å². The second kappa shape index (κ2) is 10.1. The first-order valence-electron chi connectivity index (χ1n) is 7.20. The standard InChI is InChI=1S/C11H23N.2C2H6/c1-8-6-7-11(12(4)5)10(3)9(8)2;2*1-2/h8-11H,6-7H2,1-5H3;2*1-2H3. The summed E-state index contributed by atoms with van der Waals surface area (Å²) >= 11 is 0. The van der Waals surface area contributed by atoms with E-state index in [1.807, 2.05) is 27.7 Å². The Morgan fingerprint density at radius 2 is 1.19 bits per heavy atom. The Morgan fingerprint density at radius 3 is 1.56 bits per heavy atom. The Hall–Kier alpha value is -0.0400. The molecular weight excluding hydrogens is 194 g/mol. The van der Waals surface area contributed by atoms with Crippen molar-refractivity contribution in [2.24, 2.45) is 17.8 Å². The summed E-state index contributed by atoms with van der Waals surface area (Å²) in [5, 5.41) is 0. The van der Waals surface area contributed by atoms with Crippen molar-refractivity contribution in [2.75, 3.05) is 14.1 Å². The van der Waals surface area contributed by atoms with E-state index in [0.29, 0.717) is 0 Å². The van der Waals surface area contributed by atoms with Crippen LogP contribution in [0.2, 0.25) is 0 Å². The molecule has 0 N–H and O–H groups in total. The van der Waals surface area contributed by atoms with Gasteiger partial charge in [0, 0.05) is 6.04 Å². The summed E-state index contributed by atoms with van der Waals surface area (Å²) in [4.78, 5) is 2.40. The van der Waals surface area contributed by atoms with E-state index in [4.69, 9.17) is 0 Å². The highest BCUT2D eigenvalue weighted by Gasteiger charge is 2.32. The predicted octanol–water partition coefficient (Wildman–Crippen LogP) is 4.67. The van der Waals surface area contributed by atoms with Crippen molar-refractivity contribution < 1.29 is 0 Å². The molecule has 4 unspecified atom stereocenters. The minimum Gasteiger partial charge on any atom is -0.306 e. The topological polar surface area (TPSA) is 3.24 Å². The molecule has 1 fully saturated rings. The van der Waals surface area contributed by atoms with Gasteiger partial charge in [-0.2, -0.15) is 0 Å². The molecule has 0 bridgehead atoms. The lowest BCUT2D eigenvalue weighted by Crippen LogP contribution is -2.42. The Morgan fingerprint density at radius 1 is 0.750 bits per heavy atom. The third-order valence-corrected chi connectivity index (χ3v) is 3.91. The molecule has 1 rings (SSSR count). The fourth-order valence-electron chi connectivity index (χ4n) is 2.56. The zero-order chi connectivity index (χ0) is 13.3. The molecule has 0 amide bonds. The SMILES string of the molecule is CC.CC.CC1CCC(N(C)C)C(C)C1C. The summed E-state index contributed by atoms with van der Waals surface area (Å²) in [6.07, 6.45) is 2.80. The lowest BCUT2D eigenvalue weighted by molar-refractivity contribution is 0.0862. The number of rotatable bonds is 1. The van der Waals surface area contributed by atoms with Crippen LogP contribution in [-0.2, 0) is 0 Å². The van der Waals surface area contributed by atoms with Crippen molar-refractivity contribution in [3.63, 3.8) is 0 Å². The molecule has 0 saturated heterocycles. The maximum atomic E-state index is 2.41. The van der Waals surface area contributed by atoms with Gasteiger partial charge in [0.2, 0.25) is 0 Å². The van der Waals surface area contributed by atoms with Gasteiger partial charge in [0.15, 0.2) is 0 Å². The van der Waals surface area contributed by atoms with Gasteiger partial charge in [-0.3, -0.25) is 0 Å². The third-order valence-electron chi connectivity index (χ3n) is 3.91. The monoisotopic (exact) mass is 229 g/mol. The summed E-state index contributed by atoms with van der Waals surface area (Å²) in [7, 11) is 4.42. The molecule has 0 radical (unpaired) electrons. The van der Waals surface area contributed by atoms with E-state index in [-0.39, 0.29) is 0 Å². The lowest BCUT2D eigenvalue weighted by Gasteiger charge is -2.41. The van der Waals surface area contributed by atoms with Crippen LogP contribution in [-0.4, -0.2) is 25.0 Å². The van der Waals surface area contributed by atoms with Crippen molar-refractivity contribution in [3.8, 4) is 0 Å². The molecule has 0 aromatic carbocycles. The van der Waals surface area contributed by atoms with Crippen molar-refractivity contribution in [3.05, 3.63) is 0 Å². The molecule has 1 nitrogen and oxygen atoms in total. The van der Waals surface area contributed by atoms with Crippen LogP contribution in [0.3, 0.4) is 0 Å². The highest BCUT2D eigenvalue weighted by Crippen LogP contribution is 2.35. The van der Waals surface area contributed by atoms with Crippen molar-refractivity contribution in [1.29, 1.82) is 0 Å².